The predicted molar refractivity (Wildman–Crippen MR) is 132 cm³/mol. The van der Waals surface area contributed by atoms with Crippen LogP contribution >= 0.6 is 35.0 Å². The molecule has 1 fully saturated rings. The number of amides is 2. The van der Waals surface area contributed by atoms with Gasteiger partial charge in [0.15, 0.2) is 0 Å². The summed E-state index contributed by atoms with van der Waals surface area (Å²) < 4.78 is 6.03. The number of carbonyl (C=O) groups is 2. The van der Waals surface area contributed by atoms with Gasteiger partial charge in [0, 0.05) is 18.1 Å². The Morgan fingerprint density at radius 1 is 1.16 bits per heavy atom. The van der Waals surface area contributed by atoms with Crippen LogP contribution in [0.5, 0.6) is 0 Å². The molecule has 0 saturated carbocycles. The summed E-state index contributed by atoms with van der Waals surface area (Å²) >= 11 is 13.7. The maximum atomic E-state index is 13.2. The first-order valence-electron chi connectivity index (χ1n) is 10.7. The van der Waals surface area contributed by atoms with Crippen LogP contribution < -0.4 is 5.32 Å². The van der Waals surface area contributed by atoms with Gasteiger partial charge in [-0.2, -0.15) is 11.8 Å². The van der Waals surface area contributed by atoms with Gasteiger partial charge in [-0.15, -0.1) is 0 Å². The van der Waals surface area contributed by atoms with E-state index in [1.54, 1.807) is 23.9 Å². The summed E-state index contributed by atoms with van der Waals surface area (Å²) in [7, 11) is 0. The van der Waals surface area contributed by atoms with E-state index in [2.05, 4.69) is 5.32 Å². The molecule has 1 N–H and O–H groups in total. The summed E-state index contributed by atoms with van der Waals surface area (Å²) in [5, 5.41) is 3.60. The Kier molecular flexibility index (Phi) is 9.72. The standard InChI is InChI=1S/C24H28Cl2N2O3S/c1-32-14-11-22(27-23(29)20-8-7-18(25)15-21(20)26)24(30)28-12-9-19(10-13-28)31-16-17-5-3-2-4-6-17/h2-8,15,19,22H,9-14,16H2,1H3,(H,27,29). The van der Waals surface area contributed by atoms with E-state index in [0.717, 1.165) is 24.2 Å². The van der Waals surface area contributed by atoms with Gasteiger partial charge in [-0.1, -0.05) is 53.5 Å². The van der Waals surface area contributed by atoms with Gasteiger partial charge in [-0.05, 0) is 55.0 Å². The summed E-state index contributed by atoms with van der Waals surface area (Å²) in [5.74, 6) is 0.341. The van der Waals surface area contributed by atoms with Gasteiger partial charge in [0.2, 0.25) is 5.91 Å². The minimum Gasteiger partial charge on any atom is -0.373 e. The average molecular weight is 495 g/mol. The van der Waals surface area contributed by atoms with Gasteiger partial charge in [0.1, 0.15) is 6.04 Å². The first-order chi connectivity index (χ1) is 15.5. The van der Waals surface area contributed by atoms with Gasteiger partial charge in [0.05, 0.1) is 23.3 Å². The summed E-state index contributed by atoms with van der Waals surface area (Å²) in [6.07, 6.45) is 4.23. The predicted octanol–water partition coefficient (Wildman–Crippen LogP) is 5.05. The van der Waals surface area contributed by atoms with Crippen LogP contribution in [0.3, 0.4) is 0 Å². The van der Waals surface area contributed by atoms with Crippen molar-refractivity contribution in [2.45, 2.75) is 38.0 Å². The van der Waals surface area contributed by atoms with Gasteiger partial charge in [-0.25, -0.2) is 0 Å². The van der Waals surface area contributed by atoms with Crippen molar-refractivity contribution in [1.82, 2.24) is 10.2 Å². The number of piperidine rings is 1. The third-order valence-corrected chi connectivity index (χ3v) is 6.66. The molecule has 5 nitrogen and oxygen atoms in total. The molecular weight excluding hydrogens is 467 g/mol. The van der Waals surface area contributed by atoms with Crippen LogP contribution in [-0.2, 0) is 16.1 Å². The van der Waals surface area contributed by atoms with Gasteiger partial charge >= 0.3 is 0 Å². The lowest BCUT2D eigenvalue weighted by molar-refractivity contribution is -0.136. The average Bonchev–Trinajstić information content (AvgIpc) is 2.81. The zero-order valence-electron chi connectivity index (χ0n) is 18.1. The number of hydrogen-bond donors (Lipinski definition) is 1. The molecule has 3 rings (SSSR count). The second kappa shape index (κ2) is 12.5. The number of ether oxygens (including phenoxy) is 1. The molecule has 2 aromatic rings. The molecule has 0 aromatic heterocycles. The highest BCUT2D eigenvalue weighted by atomic mass is 35.5. The molecule has 0 spiro atoms. The topological polar surface area (TPSA) is 58.6 Å². The Morgan fingerprint density at radius 2 is 1.88 bits per heavy atom. The largest absolute Gasteiger partial charge is 0.373 e. The van der Waals surface area contributed by atoms with Crippen molar-refractivity contribution in [1.29, 1.82) is 0 Å². The number of carbonyl (C=O) groups excluding carboxylic acids is 2. The van der Waals surface area contributed by atoms with Gasteiger partial charge < -0.3 is 15.0 Å². The molecule has 1 saturated heterocycles. The number of benzene rings is 2. The Balaban J connectivity index is 1.55. The Bertz CT molecular complexity index is 905. The fourth-order valence-electron chi connectivity index (χ4n) is 3.65. The van der Waals surface area contributed by atoms with Crippen molar-refractivity contribution < 1.29 is 14.3 Å². The van der Waals surface area contributed by atoms with E-state index in [1.165, 1.54) is 6.07 Å². The number of nitrogens with zero attached hydrogens (tertiary/aromatic N) is 1. The summed E-state index contributed by atoms with van der Waals surface area (Å²) in [5.41, 5.74) is 1.46. The zero-order chi connectivity index (χ0) is 22.9. The third-order valence-electron chi connectivity index (χ3n) is 5.47. The Morgan fingerprint density at radius 3 is 2.53 bits per heavy atom. The normalized spacial score (nSPS) is 15.4. The van der Waals surface area contributed by atoms with E-state index in [4.69, 9.17) is 27.9 Å². The molecule has 32 heavy (non-hydrogen) atoms. The fraction of sp³-hybridized carbons (Fsp3) is 0.417. The lowest BCUT2D eigenvalue weighted by Gasteiger charge is -2.34. The van der Waals surface area contributed by atoms with Crippen molar-refractivity contribution in [2.24, 2.45) is 0 Å². The maximum Gasteiger partial charge on any atom is 0.253 e. The summed E-state index contributed by atoms with van der Waals surface area (Å²) in [4.78, 5) is 27.8. The van der Waals surface area contributed by atoms with Crippen LogP contribution in [-0.4, -0.2) is 54.0 Å². The molecule has 172 valence electrons. The van der Waals surface area contributed by atoms with E-state index in [-0.39, 0.29) is 22.9 Å². The van der Waals surface area contributed by atoms with E-state index in [1.807, 2.05) is 41.5 Å². The lowest BCUT2D eigenvalue weighted by atomic mass is 10.1. The molecule has 2 aromatic carbocycles. The zero-order valence-corrected chi connectivity index (χ0v) is 20.4. The summed E-state index contributed by atoms with van der Waals surface area (Å²) in [6.45, 7) is 1.81. The SMILES string of the molecule is CSCCC(NC(=O)c1ccc(Cl)cc1Cl)C(=O)N1CCC(OCc2ccccc2)CC1. The molecule has 0 aliphatic carbocycles. The summed E-state index contributed by atoms with van der Waals surface area (Å²) in [6, 6.07) is 14.2. The first-order valence-corrected chi connectivity index (χ1v) is 12.8. The molecule has 1 aliphatic rings. The lowest BCUT2D eigenvalue weighted by Crippen LogP contribution is -2.51. The number of nitrogens with one attached hydrogen (secondary N) is 1. The van der Waals surface area contributed by atoms with Crippen LogP contribution in [0, 0.1) is 0 Å². The number of likely N-dealkylation sites (tertiary alicyclic amines) is 1. The fourth-order valence-corrected chi connectivity index (χ4v) is 4.62. The van der Waals surface area contributed by atoms with Gasteiger partial charge in [0.25, 0.3) is 5.91 Å². The Labute approximate surface area is 203 Å². The molecule has 0 bridgehead atoms. The number of rotatable bonds is 9. The van der Waals surface area contributed by atoms with E-state index < -0.39 is 6.04 Å². The number of halogens is 2. The van der Waals surface area contributed by atoms with Crippen molar-refractivity contribution in [3.8, 4) is 0 Å². The van der Waals surface area contributed by atoms with Crippen LogP contribution in [0.1, 0.15) is 35.2 Å². The molecule has 2 amide bonds. The van der Waals surface area contributed by atoms with Gasteiger partial charge in [-0.3, -0.25) is 9.59 Å². The highest BCUT2D eigenvalue weighted by molar-refractivity contribution is 7.98. The molecule has 1 atom stereocenters. The maximum absolute atomic E-state index is 13.2. The van der Waals surface area contributed by atoms with E-state index in [9.17, 15) is 9.59 Å². The van der Waals surface area contributed by atoms with Crippen LogP contribution in [0.15, 0.2) is 48.5 Å². The second-order valence-corrected chi connectivity index (χ2v) is 9.58. The van der Waals surface area contributed by atoms with Crippen molar-refractivity contribution in [3.63, 3.8) is 0 Å². The monoisotopic (exact) mass is 494 g/mol. The smallest absolute Gasteiger partial charge is 0.253 e. The quantitative estimate of drug-likeness (QED) is 0.529. The number of hydrogen-bond acceptors (Lipinski definition) is 4. The Hall–Kier alpha value is -1.73. The molecular formula is C24H28Cl2N2O3S. The first kappa shape index (κ1) is 24.9. The molecule has 1 unspecified atom stereocenters. The van der Waals surface area contributed by atoms with Crippen LogP contribution in [0.4, 0.5) is 0 Å². The second-order valence-electron chi connectivity index (χ2n) is 7.75. The molecule has 8 heteroatoms. The minimum absolute atomic E-state index is 0.0565. The van der Waals surface area contributed by atoms with Crippen molar-refractivity contribution in [2.75, 3.05) is 25.1 Å². The van der Waals surface area contributed by atoms with E-state index >= 15 is 0 Å². The van der Waals surface area contributed by atoms with Crippen molar-refractivity contribution in [3.05, 3.63) is 69.7 Å². The van der Waals surface area contributed by atoms with E-state index in [0.29, 0.717) is 36.7 Å². The highest BCUT2D eigenvalue weighted by Gasteiger charge is 2.30. The van der Waals surface area contributed by atoms with Crippen LogP contribution in [0.2, 0.25) is 10.0 Å². The molecule has 1 aliphatic heterocycles. The van der Waals surface area contributed by atoms with Crippen LogP contribution in [0.25, 0.3) is 0 Å². The van der Waals surface area contributed by atoms with Crippen molar-refractivity contribution >= 4 is 46.8 Å². The third kappa shape index (κ3) is 7.14. The minimum atomic E-state index is -0.594. The number of thioether (sulfide) groups is 1. The molecule has 0 radical (unpaired) electrons. The highest BCUT2D eigenvalue weighted by Crippen LogP contribution is 2.22. The molecule has 1 heterocycles.